The Labute approximate surface area is 82.3 Å². The summed E-state index contributed by atoms with van der Waals surface area (Å²) in [6.45, 7) is 2.03. The summed E-state index contributed by atoms with van der Waals surface area (Å²) in [6.07, 6.45) is 3.41. The maximum atomic E-state index is 11.6. The standard InChI is InChI=1S/C10H12ClNO/c1-2-6-9-7(12-10(6)11)4-3-5-8(9)13/h12H,2-5H2,1H3. The molecule has 0 fully saturated rings. The number of carbonyl (C=O) groups is 1. The molecule has 13 heavy (non-hydrogen) atoms. The third-order valence-electron chi connectivity index (χ3n) is 2.59. The third kappa shape index (κ3) is 1.29. The number of carbonyl (C=O) groups excluding carboxylic acids is 1. The van der Waals surface area contributed by atoms with Gasteiger partial charge < -0.3 is 4.98 Å². The number of hydrogen-bond donors (Lipinski definition) is 1. The van der Waals surface area contributed by atoms with E-state index in [1.807, 2.05) is 6.92 Å². The van der Waals surface area contributed by atoms with Crippen molar-refractivity contribution >= 4 is 17.4 Å². The number of Topliss-reactive ketones (excluding diaryl/α,β-unsaturated/α-hetero) is 1. The lowest BCUT2D eigenvalue weighted by molar-refractivity contribution is 0.0971. The number of H-pyrrole nitrogens is 1. The Hall–Kier alpha value is -0.760. The van der Waals surface area contributed by atoms with Gasteiger partial charge in [-0.15, -0.1) is 0 Å². The molecule has 1 aliphatic carbocycles. The molecule has 0 radical (unpaired) electrons. The zero-order valence-corrected chi connectivity index (χ0v) is 8.37. The van der Waals surface area contributed by atoms with Gasteiger partial charge in [0.25, 0.3) is 0 Å². The largest absolute Gasteiger partial charge is 0.349 e. The van der Waals surface area contributed by atoms with Gasteiger partial charge in [0.2, 0.25) is 0 Å². The first-order chi connectivity index (χ1) is 6.24. The molecular formula is C10H12ClNO. The van der Waals surface area contributed by atoms with Crippen LogP contribution in [-0.2, 0) is 12.8 Å². The van der Waals surface area contributed by atoms with Crippen molar-refractivity contribution in [2.24, 2.45) is 0 Å². The molecule has 3 heteroatoms. The van der Waals surface area contributed by atoms with Gasteiger partial charge in [0.05, 0.1) is 0 Å². The minimum absolute atomic E-state index is 0.251. The first-order valence-electron chi connectivity index (χ1n) is 4.66. The van der Waals surface area contributed by atoms with Gasteiger partial charge in [0, 0.05) is 17.7 Å². The molecule has 1 aromatic rings. The smallest absolute Gasteiger partial charge is 0.165 e. The van der Waals surface area contributed by atoms with E-state index >= 15 is 0 Å². The molecular weight excluding hydrogens is 186 g/mol. The Morgan fingerprint density at radius 1 is 1.46 bits per heavy atom. The molecule has 1 aliphatic rings. The zero-order chi connectivity index (χ0) is 9.42. The van der Waals surface area contributed by atoms with E-state index in [2.05, 4.69) is 4.98 Å². The maximum Gasteiger partial charge on any atom is 0.165 e. The second kappa shape index (κ2) is 3.18. The lowest BCUT2D eigenvalue weighted by atomic mass is 9.93. The van der Waals surface area contributed by atoms with Crippen molar-refractivity contribution < 1.29 is 4.79 Å². The predicted octanol–water partition coefficient (Wildman–Crippen LogP) is 2.75. The van der Waals surface area contributed by atoms with E-state index < -0.39 is 0 Å². The normalized spacial score (nSPS) is 16.0. The Bertz CT molecular complexity index is 354. The van der Waals surface area contributed by atoms with Crippen LogP contribution in [0.25, 0.3) is 0 Å². The minimum atomic E-state index is 0.251. The van der Waals surface area contributed by atoms with Crippen LogP contribution in [0.2, 0.25) is 5.15 Å². The molecule has 2 rings (SSSR count). The Kier molecular flexibility index (Phi) is 2.16. The second-order valence-corrected chi connectivity index (χ2v) is 3.78. The number of aromatic nitrogens is 1. The molecule has 0 atom stereocenters. The molecule has 1 aromatic heterocycles. The van der Waals surface area contributed by atoms with Crippen LogP contribution < -0.4 is 0 Å². The third-order valence-corrected chi connectivity index (χ3v) is 2.91. The first-order valence-corrected chi connectivity index (χ1v) is 5.04. The monoisotopic (exact) mass is 197 g/mol. The van der Waals surface area contributed by atoms with Crippen molar-refractivity contribution in [2.75, 3.05) is 0 Å². The van der Waals surface area contributed by atoms with E-state index in [4.69, 9.17) is 11.6 Å². The van der Waals surface area contributed by atoms with E-state index in [0.717, 1.165) is 36.1 Å². The van der Waals surface area contributed by atoms with Crippen molar-refractivity contribution in [3.05, 3.63) is 22.0 Å². The molecule has 0 aromatic carbocycles. The van der Waals surface area contributed by atoms with E-state index in [0.29, 0.717) is 11.6 Å². The SMILES string of the molecule is CCc1c(Cl)[nH]c2c1C(=O)CCC2. The van der Waals surface area contributed by atoms with Crippen molar-refractivity contribution in [1.82, 2.24) is 4.98 Å². The second-order valence-electron chi connectivity index (χ2n) is 3.40. The number of nitrogens with one attached hydrogen (secondary N) is 1. The average Bonchev–Trinajstić information content (AvgIpc) is 2.42. The summed E-state index contributed by atoms with van der Waals surface area (Å²) >= 11 is 5.99. The van der Waals surface area contributed by atoms with Crippen LogP contribution in [0.1, 0.15) is 41.4 Å². The maximum absolute atomic E-state index is 11.6. The fourth-order valence-corrected chi connectivity index (χ4v) is 2.31. The van der Waals surface area contributed by atoms with Gasteiger partial charge >= 0.3 is 0 Å². The summed E-state index contributed by atoms with van der Waals surface area (Å²) in [4.78, 5) is 14.7. The number of fused-ring (bicyclic) bond motifs is 1. The summed E-state index contributed by atoms with van der Waals surface area (Å²) in [7, 11) is 0. The highest BCUT2D eigenvalue weighted by Gasteiger charge is 2.24. The number of aromatic amines is 1. The Morgan fingerprint density at radius 3 is 2.92 bits per heavy atom. The Balaban J connectivity index is 2.58. The van der Waals surface area contributed by atoms with Gasteiger partial charge in [0.15, 0.2) is 5.78 Å². The molecule has 0 saturated carbocycles. The lowest BCUT2D eigenvalue weighted by Gasteiger charge is -2.10. The van der Waals surface area contributed by atoms with Crippen molar-refractivity contribution in [2.45, 2.75) is 32.6 Å². The molecule has 1 heterocycles. The van der Waals surface area contributed by atoms with Gasteiger partial charge in [0.1, 0.15) is 5.15 Å². The van der Waals surface area contributed by atoms with Crippen LogP contribution in [0.4, 0.5) is 0 Å². The zero-order valence-electron chi connectivity index (χ0n) is 7.61. The summed E-state index contributed by atoms with van der Waals surface area (Å²) in [6, 6.07) is 0. The van der Waals surface area contributed by atoms with Crippen LogP contribution in [-0.4, -0.2) is 10.8 Å². The van der Waals surface area contributed by atoms with E-state index in [-0.39, 0.29) is 5.78 Å². The van der Waals surface area contributed by atoms with E-state index in [1.54, 1.807) is 0 Å². The van der Waals surface area contributed by atoms with Gasteiger partial charge in [-0.05, 0) is 24.8 Å². The van der Waals surface area contributed by atoms with E-state index in [9.17, 15) is 4.79 Å². The van der Waals surface area contributed by atoms with Gasteiger partial charge in [-0.25, -0.2) is 0 Å². The molecule has 0 spiro atoms. The molecule has 0 aliphatic heterocycles. The quantitative estimate of drug-likeness (QED) is 0.738. The summed E-state index contributed by atoms with van der Waals surface area (Å²) in [5, 5.41) is 0.655. The van der Waals surface area contributed by atoms with Gasteiger partial charge in [-0.1, -0.05) is 18.5 Å². The summed E-state index contributed by atoms with van der Waals surface area (Å²) in [5.74, 6) is 0.251. The van der Waals surface area contributed by atoms with Gasteiger partial charge in [-0.2, -0.15) is 0 Å². The number of halogens is 1. The van der Waals surface area contributed by atoms with E-state index in [1.165, 1.54) is 0 Å². The summed E-state index contributed by atoms with van der Waals surface area (Å²) < 4.78 is 0. The number of ketones is 1. The number of rotatable bonds is 1. The van der Waals surface area contributed by atoms with Gasteiger partial charge in [-0.3, -0.25) is 4.79 Å². The topological polar surface area (TPSA) is 32.9 Å². The fraction of sp³-hybridized carbons (Fsp3) is 0.500. The Morgan fingerprint density at radius 2 is 2.23 bits per heavy atom. The van der Waals surface area contributed by atoms with Crippen LogP contribution in [0.5, 0.6) is 0 Å². The van der Waals surface area contributed by atoms with Crippen LogP contribution >= 0.6 is 11.6 Å². The molecule has 0 unspecified atom stereocenters. The van der Waals surface area contributed by atoms with Crippen LogP contribution in [0, 0.1) is 0 Å². The number of aryl methyl sites for hydroxylation is 1. The van der Waals surface area contributed by atoms with Crippen molar-refractivity contribution in [1.29, 1.82) is 0 Å². The minimum Gasteiger partial charge on any atom is -0.349 e. The first kappa shape index (κ1) is 8.82. The molecule has 1 N–H and O–H groups in total. The molecule has 0 saturated heterocycles. The highest BCUT2D eigenvalue weighted by Crippen LogP contribution is 2.29. The fourth-order valence-electron chi connectivity index (χ4n) is 1.97. The highest BCUT2D eigenvalue weighted by atomic mass is 35.5. The van der Waals surface area contributed by atoms with Crippen LogP contribution in [0.15, 0.2) is 0 Å². The van der Waals surface area contributed by atoms with Crippen molar-refractivity contribution in [3.63, 3.8) is 0 Å². The highest BCUT2D eigenvalue weighted by molar-refractivity contribution is 6.31. The summed E-state index contributed by atoms with van der Waals surface area (Å²) in [5.41, 5.74) is 2.92. The average molecular weight is 198 g/mol. The molecule has 0 bridgehead atoms. The molecule has 2 nitrogen and oxygen atoms in total. The molecule has 0 amide bonds. The molecule has 70 valence electrons. The lowest BCUT2D eigenvalue weighted by Crippen LogP contribution is -2.10. The van der Waals surface area contributed by atoms with Crippen LogP contribution in [0.3, 0.4) is 0 Å². The van der Waals surface area contributed by atoms with Crippen molar-refractivity contribution in [3.8, 4) is 0 Å². The predicted molar refractivity (Wildman–Crippen MR) is 52.4 cm³/mol. The number of hydrogen-bond acceptors (Lipinski definition) is 1.